The summed E-state index contributed by atoms with van der Waals surface area (Å²) in [5, 5.41) is 0.917. The van der Waals surface area contributed by atoms with Crippen LogP contribution in [0.25, 0.3) is 6.08 Å². The molecule has 0 radical (unpaired) electrons. The first-order valence-electron chi connectivity index (χ1n) is 6.16. The van der Waals surface area contributed by atoms with E-state index in [1.165, 1.54) is 0 Å². The fourth-order valence-corrected chi connectivity index (χ4v) is 2.58. The molecule has 5 heteroatoms. The van der Waals surface area contributed by atoms with E-state index in [2.05, 4.69) is 0 Å². The number of halogens is 2. The van der Waals surface area contributed by atoms with Gasteiger partial charge in [-0.15, -0.1) is 0 Å². The maximum absolute atomic E-state index is 12.3. The monoisotopic (exact) mass is 320 g/mol. The first-order chi connectivity index (χ1) is 10.1. The summed E-state index contributed by atoms with van der Waals surface area (Å²) in [5.74, 6) is 1.07. The summed E-state index contributed by atoms with van der Waals surface area (Å²) in [5.41, 5.74) is 1.05. The molecule has 1 aliphatic heterocycles. The fraction of sp³-hybridized carbons (Fsp3) is 0.0625. The molecule has 0 amide bonds. The van der Waals surface area contributed by atoms with Crippen molar-refractivity contribution in [3.8, 4) is 11.5 Å². The predicted molar refractivity (Wildman–Crippen MR) is 82.4 cm³/mol. The van der Waals surface area contributed by atoms with Crippen LogP contribution in [-0.2, 0) is 0 Å². The lowest BCUT2D eigenvalue weighted by atomic mass is 10.1. The molecule has 0 bridgehead atoms. The molecule has 1 aliphatic rings. The molecule has 106 valence electrons. The third kappa shape index (κ3) is 2.50. The maximum atomic E-state index is 12.3. The highest BCUT2D eigenvalue weighted by atomic mass is 35.5. The number of ether oxygens (including phenoxy) is 2. The van der Waals surface area contributed by atoms with Gasteiger partial charge in [-0.2, -0.15) is 0 Å². The molecule has 0 fully saturated rings. The first kappa shape index (κ1) is 14.0. The van der Waals surface area contributed by atoms with Crippen molar-refractivity contribution >= 4 is 35.1 Å². The van der Waals surface area contributed by atoms with Crippen molar-refractivity contribution in [2.75, 3.05) is 7.11 Å². The summed E-state index contributed by atoms with van der Waals surface area (Å²) in [4.78, 5) is 12.3. The van der Waals surface area contributed by atoms with Crippen molar-refractivity contribution in [1.82, 2.24) is 0 Å². The fourth-order valence-electron chi connectivity index (χ4n) is 2.07. The Morgan fingerprint density at radius 1 is 1.14 bits per heavy atom. The zero-order valence-corrected chi connectivity index (χ0v) is 12.5. The van der Waals surface area contributed by atoms with Crippen molar-refractivity contribution in [2.45, 2.75) is 0 Å². The van der Waals surface area contributed by atoms with Gasteiger partial charge in [0.05, 0.1) is 12.7 Å². The molecule has 0 N–H and O–H groups in total. The molecule has 21 heavy (non-hydrogen) atoms. The Labute approximate surface area is 131 Å². The Bertz CT molecular complexity index is 746. The SMILES string of the molecule is COc1ccc2c(c1)OC(=Cc1c(Cl)cccc1Cl)C2=O. The van der Waals surface area contributed by atoms with Crippen LogP contribution in [0.15, 0.2) is 42.2 Å². The van der Waals surface area contributed by atoms with Gasteiger partial charge in [0.1, 0.15) is 11.5 Å². The van der Waals surface area contributed by atoms with Crippen LogP contribution in [0, 0.1) is 0 Å². The van der Waals surface area contributed by atoms with Crippen molar-refractivity contribution in [3.05, 3.63) is 63.3 Å². The average Bonchev–Trinajstić information content (AvgIpc) is 2.79. The Hall–Kier alpha value is -1.97. The third-order valence-corrected chi connectivity index (χ3v) is 3.81. The molecule has 0 aromatic heterocycles. The molecule has 0 atom stereocenters. The van der Waals surface area contributed by atoms with Crippen LogP contribution < -0.4 is 9.47 Å². The maximum Gasteiger partial charge on any atom is 0.231 e. The number of hydrogen-bond acceptors (Lipinski definition) is 3. The molecule has 0 unspecified atom stereocenters. The van der Waals surface area contributed by atoms with Crippen molar-refractivity contribution in [2.24, 2.45) is 0 Å². The van der Waals surface area contributed by atoms with E-state index in [9.17, 15) is 4.79 Å². The number of carbonyl (C=O) groups excluding carboxylic acids is 1. The second-order valence-corrected chi connectivity index (χ2v) is 5.25. The second-order valence-electron chi connectivity index (χ2n) is 4.44. The number of benzene rings is 2. The molecular weight excluding hydrogens is 311 g/mol. The van der Waals surface area contributed by atoms with E-state index < -0.39 is 0 Å². The first-order valence-corrected chi connectivity index (χ1v) is 6.92. The van der Waals surface area contributed by atoms with Gasteiger partial charge >= 0.3 is 0 Å². The van der Waals surface area contributed by atoms with Gasteiger partial charge in [-0.25, -0.2) is 0 Å². The molecule has 1 heterocycles. The molecule has 3 nitrogen and oxygen atoms in total. The Balaban J connectivity index is 2.03. The van der Waals surface area contributed by atoms with Crippen molar-refractivity contribution < 1.29 is 14.3 Å². The van der Waals surface area contributed by atoms with Crippen LogP contribution in [0.1, 0.15) is 15.9 Å². The van der Waals surface area contributed by atoms with Crippen LogP contribution >= 0.6 is 23.2 Å². The van der Waals surface area contributed by atoms with Gasteiger partial charge in [-0.05, 0) is 30.3 Å². The van der Waals surface area contributed by atoms with Gasteiger partial charge in [0, 0.05) is 21.7 Å². The van der Waals surface area contributed by atoms with Gasteiger partial charge in [0.25, 0.3) is 0 Å². The van der Waals surface area contributed by atoms with Gasteiger partial charge in [0.2, 0.25) is 5.78 Å². The van der Waals surface area contributed by atoms with Crippen LogP contribution in [-0.4, -0.2) is 12.9 Å². The molecular formula is C16H10Cl2O3. The number of allylic oxidation sites excluding steroid dienone is 1. The summed E-state index contributed by atoms with van der Waals surface area (Å²) in [6.07, 6.45) is 1.56. The predicted octanol–water partition coefficient (Wildman–Crippen LogP) is 4.62. The summed E-state index contributed by atoms with van der Waals surface area (Å²) in [7, 11) is 1.55. The highest BCUT2D eigenvalue weighted by molar-refractivity contribution is 6.37. The molecule has 2 aromatic rings. The molecule has 0 saturated heterocycles. The minimum Gasteiger partial charge on any atom is -0.497 e. The highest BCUT2D eigenvalue weighted by Crippen LogP contribution is 2.36. The molecule has 0 saturated carbocycles. The van der Waals surface area contributed by atoms with Crippen LogP contribution in [0.2, 0.25) is 10.0 Å². The van der Waals surface area contributed by atoms with E-state index in [4.69, 9.17) is 32.7 Å². The second kappa shape index (κ2) is 5.43. The normalized spacial score (nSPS) is 15.0. The van der Waals surface area contributed by atoms with Crippen LogP contribution in [0.5, 0.6) is 11.5 Å². The minimum atomic E-state index is -0.205. The van der Waals surface area contributed by atoms with Crippen molar-refractivity contribution in [1.29, 1.82) is 0 Å². The number of methoxy groups -OCH3 is 1. The van der Waals surface area contributed by atoms with E-state index in [1.807, 2.05) is 0 Å². The third-order valence-electron chi connectivity index (χ3n) is 3.15. The molecule has 2 aromatic carbocycles. The Kier molecular flexibility index (Phi) is 3.62. The Morgan fingerprint density at radius 2 is 1.86 bits per heavy atom. The number of ketones is 1. The zero-order valence-electron chi connectivity index (χ0n) is 11.0. The van der Waals surface area contributed by atoms with Gasteiger partial charge in [0.15, 0.2) is 5.76 Å². The lowest BCUT2D eigenvalue weighted by molar-refractivity contribution is 0.101. The van der Waals surface area contributed by atoms with E-state index in [0.29, 0.717) is 32.7 Å². The quantitative estimate of drug-likeness (QED) is 0.757. The van der Waals surface area contributed by atoms with Crippen LogP contribution in [0.3, 0.4) is 0 Å². The number of hydrogen-bond donors (Lipinski definition) is 0. The number of carbonyl (C=O) groups is 1. The van der Waals surface area contributed by atoms with Gasteiger partial charge < -0.3 is 9.47 Å². The molecule has 0 spiro atoms. The average molecular weight is 321 g/mol. The van der Waals surface area contributed by atoms with E-state index in [0.717, 1.165) is 0 Å². The smallest absolute Gasteiger partial charge is 0.231 e. The summed E-state index contributed by atoms with van der Waals surface area (Å²) < 4.78 is 10.7. The van der Waals surface area contributed by atoms with Crippen LogP contribution in [0.4, 0.5) is 0 Å². The van der Waals surface area contributed by atoms with E-state index in [1.54, 1.807) is 49.6 Å². The largest absolute Gasteiger partial charge is 0.497 e. The van der Waals surface area contributed by atoms with Gasteiger partial charge in [-0.3, -0.25) is 4.79 Å². The highest BCUT2D eigenvalue weighted by Gasteiger charge is 2.28. The van der Waals surface area contributed by atoms with Gasteiger partial charge in [-0.1, -0.05) is 29.3 Å². The molecule has 0 aliphatic carbocycles. The number of Topliss-reactive ketones (excluding diaryl/α,β-unsaturated/α-hetero) is 1. The number of rotatable bonds is 2. The van der Waals surface area contributed by atoms with E-state index >= 15 is 0 Å². The number of fused-ring (bicyclic) bond motifs is 1. The summed E-state index contributed by atoms with van der Waals surface area (Å²) in [6.45, 7) is 0. The summed E-state index contributed by atoms with van der Waals surface area (Å²) in [6, 6.07) is 10.2. The standard InChI is InChI=1S/C16H10Cl2O3/c1-20-9-5-6-10-14(7-9)21-15(16(10)19)8-11-12(17)3-2-4-13(11)18/h2-8H,1H3. The zero-order chi connectivity index (χ0) is 15.0. The topological polar surface area (TPSA) is 35.5 Å². The lowest BCUT2D eigenvalue weighted by Crippen LogP contribution is -1.98. The van der Waals surface area contributed by atoms with E-state index in [-0.39, 0.29) is 11.5 Å². The molecule has 3 rings (SSSR count). The van der Waals surface area contributed by atoms with Crippen molar-refractivity contribution in [3.63, 3.8) is 0 Å². The Morgan fingerprint density at radius 3 is 2.52 bits per heavy atom. The minimum absolute atomic E-state index is 0.188. The lowest BCUT2D eigenvalue weighted by Gasteiger charge is -2.03. The summed E-state index contributed by atoms with van der Waals surface area (Å²) >= 11 is 12.2.